The first-order valence-corrected chi connectivity index (χ1v) is 21.1. The zero-order valence-corrected chi connectivity index (χ0v) is 33.8. The van der Waals surface area contributed by atoms with Gasteiger partial charge in [-0.05, 0) is 105 Å². The minimum atomic E-state index is -0.128. The summed E-state index contributed by atoms with van der Waals surface area (Å²) in [6.45, 7) is 4.65. The monoisotopic (exact) mass is 778 g/mol. The molecule has 0 fully saturated rings. The molecule has 0 unspecified atom stereocenters. The van der Waals surface area contributed by atoms with Crippen LogP contribution in [-0.2, 0) is 5.41 Å². The zero-order chi connectivity index (χ0) is 40.4. The zero-order valence-electron chi connectivity index (χ0n) is 33.8. The average Bonchev–Trinajstić information content (AvgIpc) is 3.91. The molecule has 9 aromatic carbocycles. The maximum atomic E-state index is 5.61. The molecule has 0 atom stereocenters. The van der Waals surface area contributed by atoms with Crippen molar-refractivity contribution in [3.63, 3.8) is 0 Å². The van der Waals surface area contributed by atoms with Crippen LogP contribution in [0.3, 0.4) is 0 Å². The second-order valence-corrected chi connectivity index (χ2v) is 17.0. The molecule has 0 spiro atoms. The molecule has 286 valence electrons. The first kappa shape index (κ1) is 34.1. The third-order valence-corrected chi connectivity index (χ3v) is 13.3. The van der Waals surface area contributed by atoms with Gasteiger partial charge in [0.15, 0.2) is 5.82 Å². The molecule has 3 aromatic heterocycles. The van der Waals surface area contributed by atoms with Gasteiger partial charge in [0, 0.05) is 43.6 Å². The van der Waals surface area contributed by atoms with Crippen LogP contribution >= 0.6 is 0 Å². The molecule has 12 aromatic rings. The maximum Gasteiger partial charge on any atom is 0.162 e. The van der Waals surface area contributed by atoms with Crippen LogP contribution in [0.1, 0.15) is 25.0 Å². The van der Waals surface area contributed by atoms with E-state index in [0.29, 0.717) is 0 Å². The van der Waals surface area contributed by atoms with Crippen LogP contribution in [0.25, 0.3) is 110 Å². The van der Waals surface area contributed by atoms with Crippen LogP contribution in [0.2, 0.25) is 0 Å². The molecule has 3 heterocycles. The highest BCUT2D eigenvalue weighted by molar-refractivity contribution is 6.22. The largest absolute Gasteiger partial charge is 0.309 e. The van der Waals surface area contributed by atoms with Crippen LogP contribution in [0.4, 0.5) is 0 Å². The summed E-state index contributed by atoms with van der Waals surface area (Å²) in [4.78, 5) is 10.9. The van der Waals surface area contributed by atoms with Gasteiger partial charge in [-0.25, -0.2) is 9.97 Å². The topological polar surface area (TPSA) is 35.6 Å². The summed E-state index contributed by atoms with van der Waals surface area (Å²) in [5.74, 6) is 1.61. The lowest BCUT2D eigenvalue weighted by atomic mass is 9.82. The van der Waals surface area contributed by atoms with E-state index in [2.05, 4.69) is 217 Å². The van der Waals surface area contributed by atoms with Crippen LogP contribution in [0, 0.1) is 0 Å². The van der Waals surface area contributed by atoms with E-state index < -0.39 is 0 Å². The predicted molar refractivity (Wildman–Crippen MR) is 254 cm³/mol. The number of hydrogen-bond donors (Lipinski definition) is 0. The summed E-state index contributed by atoms with van der Waals surface area (Å²) >= 11 is 0. The number of para-hydroxylation sites is 3. The third kappa shape index (κ3) is 4.82. The number of benzene rings is 9. The average molecular weight is 779 g/mol. The Hall–Kier alpha value is -7.82. The third-order valence-electron chi connectivity index (χ3n) is 13.3. The Labute approximate surface area is 352 Å². The van der Waals surface area contributed by atoms with Crippen molar-refractivity contribution in [1.29, 1.82) is 0 Å². The molecule has 13 rings (SSSR count). The van der Waals surface area contributed by atoms with Gasteiger partial charge in [0.25, 0.3) is 0 Å². The molecule has 0 bridgehead atoms. The second kappa shape index (κ2) is 12.6. The molecule has 61 heavy (non-hydrogen) atoms. The summed E-state index contributed by atoms with van der Waals surface area (Å²) in [6.07, 6.45) is 0. The van der Waals surface area contributed by atoms with E-state index in [-0.39, 0.29) is 5.41 Å². The fraction of sp³-hybridized carbons (Fsp3) is 0.0526. The van der Waals surface area contributed by atoms with E-state index in [1.807, 2.05) is 0 Å². The Morgan fingerprint density at radius 3 is 1.89 bits per heavy atom. The Kier molecular flexibility index (Phi) is 7.04. The van der Waals surface area contributed by atoms with E-state index in [9.17, 15) is 0 Å². The lowest BCUT2D eigenvalue weighted by Crippen LogP contribution is -2.14. The second-order valence-electron chi connectivity index (χ2n) is 17.0. The van der Waals surface area contributed by atoms with Crippen LogP contribution in [0.5, 0.6) is 0 Å². The molecule has 4 nitrogen and oxygen atoms in total. The molecule has 4 heteroatoms. The first-order valence-electron chi connectivity index (χ1n) is 21.1. The lowest BCUT2D eigenvalue weighted by Gasteiger charge is -2.21. The maximum absolute atomic E-state index is 5.61. The van der Waals surface area contributed by atoms with E-state index >= 15 is 0 Å². The molecule has 1 aliphatic rings. The van der Waals surface area contributed by atoms with Crippen LogP contribution in [0.15, 0.2) is 194 Å². The lowest BCUT2D eigenvalue weighted by molar-refractivity contribution is 0.660. The van der Waals surface area contributed by atoms with Crippen LogP contribution < -0.4 is 0 Å². The smallest absolute Gasteiger partial charge is 0.162 e. The van der Waals surface area contributed by atoms with Crippen LogP contribution in [-0.4, -0.2) is 19.1 Å². The van der Waals surface area contributed by atoms with Crippen molar-refractivity contribution in [3.05, 3.63) is 205 Å². The van der Waals surface area contributed by atoms with Crippen molar-refractivity contribution < 1.29 is 0 Å². The molecule has 0 aliphatic heterocycles. The standard InChI is InChI=1S/C57H38N4/c1-57(2)46-23-11-8-20-41(46)53-43(22-14-24-47(53)57)55-58-48-25-12-9-21-42(48)56(59-55)61-51-31-29-37(34-45(51)54-39-18-7-6-15-35(39)27-32-52(54)61)36-28-30-50-44(33-36)40-19-10-13-26-49(40)60(50)38-16-4-3-5-17-38/h3-34H,1-2H3. The Morgan fingerprint density at radius 1 is 0.410 bits per heavy atom. The van der Waals surface area contributed by atoms with Gasteiger partial charge in [-0.3, -0.25) is 4.57 Å². The van der Waals surface area contributed by atoms with E-state index in [1.165, 1.54) is 76.7 Å². The highest BCUT2D eigenvalue weighted by Crippen LogP contribution is 2.52. The number of aromatic nitrogens is 4. The van der Waals surface area contributed by atoms with Crippen molar-refractivity contribution in [3.8, 4) is 45.1 Å². The molecule has 0 saturated heterocycles. The summed E-state index contributed by atoms with van der Waals surface area (Å²) in [5.41, 5.74) is 15.1. The van der Waals surface area contributed by atoms with Gasteiger partial charge in [0.05, 0.1) is 27.6 Å². The minimum Gasteiger partial charge on any atom is -0.309 e. The number of fused-ring (bicyclic) bond motifs is 12. The van der Waals surface area contributed by atoms with Gasteiger partial charge in [0.1, 0.15) is 5.82 Å². The minimum absolute atomic E-state index is 0.128. The van der Waals surface area contributed by atoms with E-state index in [4.69, 9.17) is 9.97 Å². The molecule has 1 aliphatic carbocycles. The van der Waals surface area contributed by atoms with Gasteiger partial charge < -0.3 is 4.57 Å². The highest BCUT2D eigenvalue weighted by atomic mass is 15.1. The van der Waals surface area contributed by atoms with Gasteiger partial charge in [-0.2, -0.15) is 0 Å². The molecule has 0 amide bonds. The molecule has 0 radical (unpaired) electrons. The van der Waals surface area contributed by atoms with Gasteiger partial charge in [0.2, 0.25) is 0 Å². The molecule has 0 N–H and O–H groups in total. The summed E-state index contributed by atoms with van der Waals surface area (Å²) < 4.78 is 4.76. The van der Waals surface area contributed by atoms with Crippen molar-refractivity contribution >= 4 is 65.3 Å². The first-order chi connectivity index (χ1) is 30.0. The van der Waals surface area contributed by atoms with Crippen molar-refractivity contribution in [1.82, 2.24) is 19.1 Å². The summed E-state index contributed by atoms with van der Waals surface area (Å²) in [6, 6.07) is 70.5. The van der Waals surface area contributed by atoms with Crippen molar-refractivity contribution in [2.24, 2.45) is 0 Å². The summed E-state index contributed by atoms with van der Waals surface area (Å²) in [5, 5.41) is 8.34. The van der Waals surface area contributed by atoms with Gasteiger partial charge in [-0.1, -0.05) is 147 Å². The van der Waals surface area contributed by atoms with Gasteiger partial charge in [-0.15, -0.1) is 0 Å². The fourth-order valence-corrected chi connectivity index (χ4v) is 10.5. The molecule has 0 saturated carbocycles. The predicted octanol–water partition coefficient (Wildman–Crippen LogP) is 14.6. The Bertz CT molecular complexity index is 3790. The quantitative estimate of drug-likeness (QED) is 0.178. The van der Waals surface area contributed by atoms with Crippen molar-refractivity contribution in [2.75, 3.05) is 0 Å². The van der Waals surface area contributed by atoms with Gasteiger partial charge >= 0.3 is 0 Å². The Balaban J connectivity index is 1.07. The van der Waals surface area contributed by atoms with Crippen molar-refractivity contribution in [2.45, 2.75) is 19.3 Å². The normalized spacial score (nSPS) is 13.2. The summed E-state index contributed by atoms with van der Waals surface area (Å²) in [7, 11) is 0. The Morgan fingerprint density at radius 2 is 1.03 bits per heavy atom. The molecular formula is C57H38N4. The number of rotatable bonds is 4. The van der Waals surface area contributed by atoms with E-state index in [0.717, 1.165) is 44.8 Å². The SMILES string of the molecule is CC1(C)c2ccccc2-c2c(-c3nc(-n4c5ccc(-c6ccc7c(c6)c6ccccc6n7-c6ccccc6)cc5c5c6ccccc6ccc54)c4ccccc4n3)cccc21. The number of hydrogen-bond acceptors (Lipinski definition) is 2. The fourth-order valence-electron chi connectivity index (χ4n) is 10.5. The molecular weight excluding hydrogens is 741 g/mol. The number of nitrogens with zero attached hydrogens (tertiary/aromatic N) is 4. The highest BCUT2D eigenvalue weighted by Gasteiger charge is 2.37. The van der Waals surface area contributed by atoms with E-state index in [1.54, 1.807) is 0 Å².